The van der Waals surface area contributed by atoms with Gasteiger partial charge in [0.25, 0.3) is 5.91 Å². The van der Waals surface area contributed by atoms with Crippen LogP contribution in [0.15, 0.2) is 54.6 Å². The first-order valence-electron chi connectivity index (χ1n) is 16.0. The summed E-state index contributed by atoms with van der Waals surface area (Å²) in [6, 6.07) is 16.5. The molecular formula is C35H54N2O2. The number of benzene rings is 2. The number of hydrogen-bond donors (Lipinski definition) is 2. The molecule has 2 amide bonds. The van der Waals surface area contributed by atoms with Crippen molar-refractivity contribution in [2.75, 3.05) is 10.6 Å². The molecule has 0 atom stereocenters. The molecule has 0 unspecified atom stereocenters. The van der Waals surface area contributed by atoms with E-state index in [-0.39, 0.29) is 11.8 Å². The minimum absolute atomic E-state index is 0.0163. The molecule has 0 radical (unpaired) electrons. The van der Waals surface area contributed by atoms with Crippen LogP contribution in [0, 0.1) is 0 Å². The topological polar surface area (TPSA) is 58.2 Å². The van der Waals surface area contributed by atoms with Crippen LogP contribution in [0.5, 0.6) is 0 Å². The smallest absolute Gasteiger partial charge is 0.255 e. The number of nitrogens with one attached hydrogen (secondary N) is 2. The van der Waals surface area contributed by atoms with E-state index in [9.17, 15) is 9.59 Å². The average Bonchev–Trinajstić information content (AvgIpc) is 2.95. The van der Waals surface area contributed by atoms with Gasteiger partial charge < -0.3 is 10.6 Å². The minimum Gasteiger partial charge on any atom is -0.326 e. The van der Waals surface area contributed by atoms with Crippen molar-refractivity contribution in [3.8, 4) is 0 Å². The predicted octanol–water partition coefficient (Wildman–Crippen LogP) is 10.7. The molecule has 2 N–H and O–H groups in total. The van der Waals surface area contributed by atoms with Crippen LogP contribution in [-0.4, -0.2) is 11.8 Å². The Bertz CT molecular complexity index is 897. The third-order valence-electron chi connectivity index (χ3n) is 7.45. The third-order valence-corrected chi connectivity index (χ3v) is 7.45. The first-order valence-corrected chi connectivity index (χ1v) is 16.0. The zero-order valence-electron chi connectivity index (χ0n) is 24.7. The summed E-state index contributed by atoms with van der Waals surface area (Å²) in [4.78, 5) is 24.8. The fourth-order valence-electron chi connectivity index (χ4n) is 5.05. The fourth-order valence-corrected chi connectivity index (χ4v) is 5.05. The number of hydrogen-bond acceptors (Lipinski definition) is 2. The van der Waals surface area contributed by atoms with Crippen LogP contribution in [0.4, 0.5) is 11.4 Å². The van der Waals surface area contributed by atoms with Gasteiger partial charge in [-0.1, -0.05) is 147 Å². The quantitative estimate of drug-likeness (QED) is 0.139. The molecule has 0 saturated carbocycles. The molecule has 2 aromatic carbocycles. The molecule has 0 heterocycles. The third kappa shape index (κ3) is 16.8. The highest BCUT2D eigenvalue weighted by Crippen LogP contribution is 2.16. The van der Waals surface area contributed by atoms with Crippen LogP contribution in [-0.2, 0) is 4.79 Å². The van der Waals surface area contributed by atoms with E-state index in [2.05, 4.69) is 17.6 Å². The maximum absolute atomic E-state index is 12.5. The maximum Gasteiger partial charge on any atom is 0.255 e. The minimum atomic E-state index is -0.184. The molecule has 0 aliphatic heterocycles. The Balaban J connectivity index is 1.40. The molecule has 4 nitrogen and oxygen atoms in total. The summed E-state index contributed by atoms with van der Waals surface area (Å²) in [6.45, 7) is 2.28. The Morgan fingerprint density at radius 1 is 0.513 bits per heavy atom. The lowest BCUT2D eigenvalue weighted by atomic mass is 10.0. The summed E-state index contributed by atoms with van der Waals surface area (Å²) < 4.78 is 0. The maximum atomic E-state index is 12.5. The average molecular weight is 535 g/mol. The van der Waals surface area contributed by atoms with Gasteiger partial charge in [-0.15, -0.1) is 0 Å². The lowest BCUT2D eigenvalue weighted by Crippen LogP contribution is -2.14. The lowest BCUT2D eigenvalue weighted by molar-refractivity contribution is -0.116. The van der Waals surface area contributed by atoms with E-state index in [4.69, 9.17) is 0 Å². The van der Waals surface area contributed by atoms with Gasteiger partial charge in [-0.3, -0.25) is 9.59 Å². The van der Waals surface area contributed by atoms with Crippen molar-refractivity contribution in [3.05, 3.63) is 60.2 Å². The summed E-state index contributed by atoms with van der Waals surface area (Å²) in [5.74, 6) is -0.168. The monoisotopic (exact) mass is 534 g/mol. The highest BCUT2D eigenvalue weighted by Gasteiger charge is 2.08. The number of para-hydroxylation sites is 1. The molecule has 0 saturated heterocycles. The van der Waals surface area contributed by atoms with Gasteiger partial charge in [0.15, 0.2) is 0 Å². The van der Waals surface area contributed by atoms with Crippen molar-refractivity contribution in [3.63, 3.8) is 0 Å². The first-order chi connectivity index (χ1) is 19.2. The Hall–Kier alpha value is -2.62. The molecule has 39 heavy (non-hydrogen) atoms. The molecule has 4 heteroatoms. The highest BCUT2D eigenvalue weighted by atomic mass is 16.2. The van der Waals surface area contributed by atoms with Gasteiger partial charge >= 0.3 is 0 Å². The Labute approximate surface area is 238 Å². The highest BCUT2D eigenvalue weighted by molar-refractivity contribution is 6.05. The van der Waals surface area contributed by atoms with E-state index in [1.165, 1.54) is 109 Å². The number of amides is 2. The first kappa shape index (κ1) is 32.6. The molecule has 2 rings (SSSR count). The molecular weight excluding hydrogens is 480 g/mol. The van der Waals surface area contributed by atoms with Gasteiger partial charge in [0.2, 0.25) is 5.91 Å². The number of anilines is 2. The van der Waals surface area contributed by atoms with E-state index >= 15 is 0 Å². The van der Waals surface area contributed by atoms with Gasteiger partial charge in [0.05, 0.1) is 0 Å². The molecule has 2 aromatic rings. The van der Waals surface area contributed by atoms with Crippen LogP contribution in [0.25, 0.3) is 0 Å². The Kier molecular flexibility index (Phi) is 18.6. The summed E-state index contributed by atoms with van der Waals surface area (Å²) in [6.07, 6.45) is 26.1. The van der Waals surface area contributed by atoms with Crippen LogP contribution in [0.2, 0.25) is 0 Å². The van der Waals surface area contributed by atoms with Crippen molar-refractivity contribution in [1.29, 1.82) is 0 Å². The summed E-state index contributed by atoms with van der Waals surface area (Å²) >= 11 is 0. The van der Waals surface area contributed by atoms with Crippen LogP contribution < -0.4 is 10.6 Å². The molecule has 0 bridgehead atoms. The molecule has 0 aromatic heterocycles. The van der Waals surface area contributed by atoms with Gasteiger partial charge in [-0.2, -0.15) is 0 Å². The van der Waals surface area contributed by atoms with Crippen LogP contribution >= 0.6 is 0 Å². The molecule has 0 spiro atoms. The van der Waals surface area contributed by atoms with Gasteiger partial charge in [0, 0.05) is 23.4 Å². The van der Waals surface area contributed by atoms with Crippen molar-refractivity contribution in [2.24, 2.45) is 0 Å². The van der Waals surface area contributed by atoms with Crippen molar-refractivity contribution in [1.82, 2.24) is 0 Å². The van der Waals surface area contributed by atoms with Crippen molar-refractivity contribution >= 4 is 23.2 Å². The predicted molar refractivity (Wildman–Crippen MR) is 167 cm³/mol. The molecule has 0 fully saturated rings. The summed E-state index contributed by atoms with van der Waals surface area (Å²) in [5, 5.41) is 5.82. The van der Waals surface area contributed by atoms with Gasteiger partial charge in [-0.05, 0) is 36.8 Å². The largest absolute Gasteiger partial charge is 0.326 e. The van der Waals surface area contributed by atoms with Crippen molar-refractivity contribution < 1.29 is 9.59 Å². The second-order valence-corrected chi connectivity index (χ2v) is 11.1. The SMILES string of the molecule is CCCCCCCCCCCCCCCCCCCCCC(=O)Nc1cccc(C(=O)Nc2ccccc2)c1. The molecule has 0 aliphatic carbocycles. The van der Waals surface area contributed by atoms with Crippen molar-refractivity contribution in [2.45, 2.75) is 135 Å². The lowest BCUT2D eigenvalue weighted by Gasteiger charge is -2.09. The second kappa shape index (κ2) is 22.2. The van der Waals surface area contributed by atoms with E-state index in [0.717, 1.165) is 18.5 Å². The second-order valence-electron chi connectivity index (χ2n) is 11.1. The normalized spacial score (nSPS) is 10.9. The summed E-state index contributed by atoms with van der Waals surface area (Å²) in [7, 11) is 0. The Morgan fingerprint density at radius 3 is 1.49 bits per heavy atom. The molecule has 216 valence electrons. The standard InChI is InChI=1S/C35H54N2O2/c1-2-3-4-5-6-7-8-9-10-11-12-13-14-15-16-17-18-19-23-29-34(38)36-33-28-24-25-31(30-33)35(39)37-32-26-21-20-22-27-32/h20-22,24-28,30H,2-19,23,29H2,1H3,(H,36,38)(H,37,39). The fraction of sp³-hybridized carbons (Fsp3) is 0.600. The number of rotatable bonds is 23. The zero-order chi connectivity index (χ0) is 27.8. The van der Waals surface area contributed by atoms with E-state index in [1.807, 2.05) is 36.4 Å². The number of unbranched alkanes of at least 4 members (excludes halogenated alkanes) is 18. The number of carbonyl (C=O) groups is 2. The van der Waals surface area contributed by atoms with E-state index in [1.54, 1.807) is 18.2 Å². The number of carbonyl (C=O) groups excluding carboxylic acids is 2. The van der Waals surface area contributed by atoms with E-state index in [0.29, 0.717) is 17.7 Å². The Morgan fingerprint density at radius 2 is 0.974 bits per heavy atom. The van der Waals surface area contributed by atoms with Gasteiger partial charge in [0.1, 0.15) is 0 Å². The van der Waals surface area contributed by atoms with Gasteiger partial charge in [-0.25, -0.2) is 0 Å². The van der Waals surface area contributed by atoms with E-state index < -0.39 is 0 Å². The molecule has 0 aliphatic rings. The van der Waals surface area contributed by atoms with Crippen LogP contribution in [0.3, 0.4) is 0 Å². The summed E-state index contributed by atoms with van der Waals surface area (Å²) in [5.41, 5.74) is 1.94. The van der Waals surface area contributed by atoms with Crippen LogP contribution in [0.1, 0.15) is 146 Å². The zero-order valence-corrected chi connectivity index (χ0v) is 24.7.